The Bertz CT molecular complexity index is 1470. The number of carbonyl (C=O) groups is 4. The minimum Gasteiger partial charge on any atom is -0.490 e. The summed E-state index contributed by atoms with van der Waals surface area (Å²) in [6.07, 6.45) is 1.38. The molecule has 194 valence electrons. The number of halogens is 2. The van der Waals surface area contributed by atoms with E-state index in [0.717, 1.165) is 10.5 Å². The molecule has 0 radical (unpaired) electrons. The Labute approximate surface area is 236 Å². The molecular formula is C27H20ClIN2O7. The molecule has 1 saturated heterocycles. The van der Waals surface area contributed by atoms with Crippen LogP contribution in [0.5, 0.6) is 11.5 Å². The number of carbonyl (C=O) groups excluding carboxylic acids is 3. The number of benzene rings is 3. The van der Waals surface area contributed by atoms with Crippen molar-refractivity contribution < 1.29 is 33.8 Å². The van der Waals surface area contributed by atoms with Crippen molar-refractivity contribution in [3.63, 3.8) is 0 Å². The van der Waals surface area contributed by atoms with Crippen molar-refractivity contribution in [2.45, 2.75) is 13.5 Å². The van der Waals surface area contributed by atoms with Gasteiger partial charge in [0, 0.05) is 5.02 Å². The lowest BCUT2D eigenvalue weighted by atomic mass is 10.1. The Hall–Kier alpha value is -3.90. The molecular weight excluding hydrogens is 627 g/mol. The number of amides is 4. The van der Waals surface area contributed by atoms with Gasteiger partial charge in [0.25, 0.3) is 11.8 Å². The molecule has 0 saturated carbocycles. The number of barbiturate groups is 1. The van der Waals surface area contributed by atoms with Crippen molar-refractivity contribution >= 4 is 69.8 Å². The van der Waals surface area contributed by atoms with E-state index in [2.05, 4.69) is 27.9 Å². The van der Waals surface area contributed by atoms with Gasteiger partial charge in [0.1, 0.15) is 12.2 Å². The van der Waals surface area contributed by atoms with E-state index in [1.54, 1.807) is 43.3 Å². The first-order valence-corrected chi connectivity index (χ1v) is 12.7. The number of ether oxygens (including phenoxy) is 2. The SMILES string of the molecule is CCOc1cc(/C=C2\C(=O)NC(=O)N(c3cccc(Cl)c3)C2=O)cc(I)c1OCc1ccc(C(=O)O)cc1. The number of imide groups is 2. The highest BCUT2D eigenvalue weighted by atomic mass is 127. The van der Waals surface area contributed by atoms with Crippen LogP contribution in [0, 0.1) is 3.57 Å². The maximum atomic E-state index is 13.2. The highest BCUT2D eigenvalue weighted by molar-refractivity contribution is 14.1. The first kappa shape index (κ1) is 27.1. The number of urea groups is 1. The third-order valence-electron chi connectivity index (χ3n) is 5.39. The zero-order valence-corrected chi connectivity index (χ0v) is 22.8. The standard InChI is InChI=1S/C27H20ClIN2O7/c1-2-37-22-12-16(11-21(29)23(22)38-14-15-6-8-17(9-7-15)26(34)35)10-20-24(32)30-27(36)31(25(20)33)19-5-3-4-18(28)13-19/h3-13H,2,14H2,1H3,(H,34,35)(H,30,32,36)/b20-10+. The molecule has 9 nitrogen and oxygen atoms in total. The Morgan fingerprint density at radius 2 is 1.82 bits per heavy atom. The van der Waals surface area contributed by atoms with Crippen molar-refractivity contribution in [1.82, 2.24) is 5.32 Å². The summed E-state index contributed by atoms with van der Waals surface area (Å²) in [5.74, 6) is -1.79. The topological polar surface area (TPSA) is 122 Å². The second-order valence-electron chi connectivity index (χ2n) is 7.99. The Kier molecular flexibility index (Phi) is 8.32. The molecule has 2 N–H and O–H groups in total. The summed E-state index contributed by atoms with van der Waals surface area (Å²) in [7, 11) is 0. The van der Waals surface area contributed by atoms with Gasteiger partial charge in [-0.1, -0.05) is 29.8 Å². The highest BCUT2D eigenvalue weighted by Gasteiger charge is 2.37. The highest BCUT2D eigenvalue weighted by Crippen LogP contribution is 2.36. The van der Waals surface area contributed by atoms with Crippen LogP contribution < -0.4 is 19.7 Å². The summed E-state index contributed by atoms with van der Waals surface area (Å²) in [6.45, 7) is 2.29. The molecule has 1 heterocycles. The smallest absolute Gasteiger partial charge is 0.335 e. The van der Waals surface area contributed by atoms with Gasteiger partial charge in [-0.15, -0.1) is 0 Å². The number of rotatable bonds is 8. The van der Waals surface area contributed by atoms with Gasteiger partial charge in [0.05, 0.1) is 21.4 Å². The summed E-state index contributed by atoms with van der Waals surface area (Å²) in [5.41, 5.74) is 1.40. The summed E-state index contributed by atoms with van der Waals surface area (Å²) in [4.78, 5) is 50.1. The first-order chi connectivity index (χ1) is 18.2. The van der Waals surface area contributed by atoms with E-state index in [1.165, 1.54) is 30.3 Å². The van der Waals surface area contributed by atoms with Gasteiger partial charge in [-0.3, -0.25) is 14.9 Å². The number of carboxylic acids is 1. The number of hydrogen-bond donors (Lipinski definition) is 2. The van der Waals surface area contributed by atoms with Gasteiger partial charge >= 0.3 is 12.0 Å². The van der Waals surface area contributed by atoms with Crippen LogP contribution >= 0.6 is 34.2 Å². The van der Waals surface area contributed by atoms with Gasteiger partial charge in [0.15, 0.2) is 11.5 Å². The van der Waals surface area contributed by atoms with E-state index < -0.39 is 23.8 Å². The number of anilines is 1. The fourth-order valence-electron chi connectivity index (χ4n) is 3.65. The Morgan fingerprint density at radius 3 is 2.47 bits per heavy atom. The van der Waals surface area contributed by atoms with Crippen molar-refractivity contribution in [2.24, 2.45) is 0 Å². The number of aromatic carboxylic acids is 1. The zero-order chi connectivity index (χ0) is 27.4. The number of carboxylic acid groups (broad SMARTS) is 1. The van der Waals surface area contributed by atoms with Gasteiger partial charge in [-0.25, -0.2) is 14.5 Å². The quantitative estimate of drug-likeness (QED) is 0.194. The lowest BCUT2D eigenvalue weighted by molar-refractivity contribution is -0.122. The lowest BCUT2D eigenvalue weighted by Crippen LogP contribution is -2.54. The van der Waals surface area contributed by atoms with Gasteiger partial charge < -0.3 is 14.6 Å². The van der Waals surface area contributed by atoms with Crippen molar-refractivity contribution in [2.75, 3.05) is 11.5 Å². The normalized spacial score (nSPS) is 14.4. The van der Waals surface area contributed by atoms with E-state index in [9.17, 15) is 19.2 Å². The monoisotopic (exact) mass is 646 g/mol. The molecule has 1 aliphatic heterocycles. The molecule has 38 heavy (non-hydrogen) atoms. The van der Waals surface area contributed by atoms with Gasteiger partial charge in [0.2, 0.25) is 0 Å². The molecule has 0 bridgehead atoms. The molecule has 0 spiro atoms. The third-order valence-corrected chi connectivity index (χ3v) is 6.43. The third kappa shape index (κ3) is 5.97. The molecule has 0 atom stereocenters. The van der Waals surface area contributed by atoms with Gasteiger partial charge in [-0.05, 0) is 89.2 Å². The first-order valence-electron chi connectivity index (χ1n) is 11.3. The average molecular weight is 647 g/mol. The second-order valence-corrected chi connectivity index (χ2v) is 9.59. The van der Waals surface area contributed by atoms with Crippen LogP contribution in [0.25, 0.3) is 6.08 Å². The largest absolute Gasteiger partial charge is 0.490 e. The van der Waals surface area contributed by atoms with E-state index in [-0.39, 0.29) is 23.4 Å². The van der Waals surface area contributed by atoms with Crippen LogP contribution in [-0.4, -0.2) is 35.5 Å². The van der Waals surface area contributed by atoms with Crippen LogP contribution in [0.15, 0.2) is 66.2 Å². The second kappa shape index (κ2) is 11.7. The maximum absolute atomic E-state index is 13.2. The molecule has 0 unspecified atom stereocenters. The minimum atomic E-state index is -1.01. The van der Waals surface area contributed by atoms with Crippen LogP contribution in [-0.2, 0) is 16.2 Å². The summed E-state index contributed by atoms with van der Waals surface area (Å²) in [6, 6.07) is 15.0. The fourth-order valence-corrected chi connectivity index (χ4v) is 4.61. The average Bonchev–Trinajstić information content (AvgIpc) is 2.86. The zero-order valence-electron chi connectivity index (χ0n) is 19.9. The number of hydrogen-bond acceptors (Lipinski definition) is 6. The van der Waals surface area contributed by atoms with Crippen LogP contribution in [0.3, 0.4) is 0 Å². The predicted octanol–water partition coefficient (Wildman–Crippen LogP) is 5.29. The minimum absolute atomic E-state index is 0.161. The molecule has 3 aromatic rings. The summed E-state index contributed by atoms with van der Waals surface area (Å²) < 4.78 is 12.4. The van der Waals surface area contributed by atoms with E-state index in [1.807, 2.05) is 0 Å². The summed E-state index contributed by atoms with van der Waals surface area (Å²) >= 11 is 8.07. The van der Waals surface area contributed by atoms with Gasteiger partial charge in [-0.2, -0.15) is 0 Å². The molecule has 0 aromatic heterocycles. The van der Waals surface area contributed by atoms with Crippen molar-refractivity contribution in [1.29, 1.82) is 0 Å². The van der Waals surface area contributed by atoms with Crippen LogP contribution in [0.1, 0.15) is 28.4 Å². The molecule has 1 fully saturated rings. The molecule has 3 aromatic carbocycles. The molecule has 4 rings (SSSR count). The fraction of sp³-hybridized carbons (Fsp3) is 0.111. The van der Waals surface area contributed by atoms with E-state index in [4.69, 9.17) is 26.2 Å². The lowest BCUT2D eigenvalue weighted by Gasteiger charge is -2.26. The molecule has 4 amide bonds. The molecule has 0 aliphatic carbocycles. The van der Waals surface area contributed by atoms with Crippen LogP contribution in [0.4, 0.5) is 10.5 Å². The predicted molar refractivity (Wildman–Crippen MR) is 149 cm³/mol. The van der Waals surface area contributed by atoms with Crippen molar-refractivity contribution in [3.05, 3.63) is 91.5 Å². The van der Waals surface area contributed by atoms with Crippen LogP contribution in [0.2, 0.25) is 5.02 Å². The van der Waals surface area contributed by atoms with E-state index in [0.29, 0.717) is 32.3 Å². The molecule has 11 heteroatoms. The van der Waals surface area contributed by atoms with E-state index >= 15 is 0 Å². The van der Waals surface area contributed by atoms with Crippen molar-refractivity contribution in [3.8, 4) is 11.5 Å². The Balaban J connectivity index is 1.63. The number of nitrogens with one attached hydrogen (secondary N) is 1. The maximum Gasteiger partial charge on any atom is 0.335 e. The Morgan fingerprint density at radius 1 is 1.08 bits per heavy atom. The molecule has 1 aliphatic rings. The summed E-state index contributed by atoms with van der Waals surface area (Å²) in [5, 5.41) is 11.6. The number of nitrogens with zero attached hydrogens (tertiary/aromatic N) is 1.